The summed E-state index contributed by atoms with van der Waals surface area (Å²) in [6.45, 7) is 4.80. The highest BCUT2D eigenvalue weighted by atomic mass is 35.5. The standard InChI is InChI=1S/C13H16ClFN2/c1-3-4-5-17-12-6-9(2)10(15)7-11(12)16-13(17)8-14/h6-7H,3-5,8H2,1-2H3. The predicted molar refractivity (Wildman–Crippen MR) is 68.9 cm³/mol. The first-order chi connectivity index (χ1) is 8.17. The third kappa shape index (κ3) is 2.29. The van der Waals surface area contributed by atoms with Gasteiger partial charge in [0.2, 0.25) is 0 Å². The largest absolute Gasteiger partial charge is 0.327 e. The highest BCUT2D eigenvalue weighted by molar-refractivity contribution is 6.16. The molecule has 0 saturated carbocycles. The molecule has 0 atom stereocenters. The number of imidazole rings is 1. The molecule has 0 fully saturated rings. The Morgan fingerprint density at radius 1 is 1.41 bits per heavy atom. The van der Waals surface area contributed by atoms with Gasteiger partial charge < -0.3 is 4.57 Å². The molecule has 1 aromatic heterocycles. The lowest BCUT2D eigenvalue weighted by Crippen LogP contribution is -2.02. The van der Waals surface area contributed by atoms with Gasteiger partial charge in [-0.15, -0.1) is 11.6 Å². The molecule has 0 amide bonds. The van der Waals surface area contributed by atoms with Crippen LogP contribution in [0.15, 0.2) is 12.1 Å². The molecule has 2 rings (SSSR count). The molecule has 0 aliphatic carbocycles. The summed E-state index contributed by atoms with van der Waals surface area (Å²) in [4.78, 5) is 4.38. The fourth-order valence-electron chi connectivity index (χ4n) is 1.97. The van der Waals surface area contributed by atoms with Crippen molar-refractivity contribution in [1.29, 1.82) is 0 Å². The topological polar surface area (TPSA) is 17.8 Å². The minimum Gasteiger partial charge on any atom is -0.327 e. The summed E-state index contributed by atoms with van der Waals surface area (Å²) in [5.74, 6) is 0.970. The van der Waals surface area contributed by atoms with Crippen LogP contribution in [0, 0.1) is 12.7 Å². The quantitative estimate of drug-likeness (QED) is 0.754. The number of fused-ring (bicyclic) bond motifs is 1. The molecule has 2 aromatic rings. The third-order valence-electron chi connectivity index (χ3n) is 2.96. The van der Waals surface area contributed by atoms with E-state index in [1.165, 1.54) is 6.07 Å². The first-order valence-electron chi connectivity index (χ1n) is 5.88. The first kappa shape index (κ1) is 12.4. The summed E-state index contributed by atoms with van der Waals surface area (Å²) < 4.78 is 15.6. The van der Waals surface area contributed by atoms with Crippen LogP contribution in [-0.2, 0) is 12.4 Å². The third-order valence-corrected chi connectivity index (χ3v) is 3.20. The maximum Gasteiger partial charge on any atom is 0.128 e. The monoisotopic (exact) mass is 254 g/mol. The van der Waals surface area contributed by atoms with Gasteiger partial charge in [-0.25, -0.2) is 9.37 Å². The van der Waals surface area contributed by atoms with Gasteiger partial charge in [0.25, 0.3) is 0 Å². The molecule has 0 saturated heterocycles. The van der Waals surface area contributed by atoms with Crippen molar-refractivity contribution in [3.8, 4) is 0 Å². The zero-order valence-electron chi connectivity index (χ0n) is 10.1. The number of rotatable bonds is 4. The lowest BCUT2D eigenvalue weighted by molar-refractivity contribution is 0.617. The van der Waals surface area contributed by atoms with Crippen molar-refractivity contribution in [2.45, 2.75) is 39.1 Å². The Balaban J connectivity index is 2.57. The van der Waals surface area contributed by atoms with Crippen molar-refractivity contribution in [2.24, 2.45) is 0 Å². The van der Waals surface area contributed by atoms with Gasteiger partial charge in [-0.3, -0.25) is 0 Å². The summed E-state index contributed by atoms with van der Waals surface area (Å²) in [5, 5.41) is 0. The fourth-order valence-corrected chi connectivity index (χ4v) is 2.17. The molecule has 4 heteroatoms. The number of alkyl halides is 1. The summed E-state index contributed by atoms with van der Waals surface area (Å²) in [6, 6.07) is 3.34. The Morgan fingerprint density at radius 3 is 2.82 bits per heavy atom. The number of aryl methyl sites for hydroxylation is 2. The van der Waals surface area contributed by atoms with Crippen LogP contribution in [0.1, 0.15) is 31.2 Å². The summed E-state index contributed by atoms with van der Waals surface area (Å²) in [6.07, 6.45) is 2.19. The van der Waals surface area contributed by atoms with E-state index >= 15 is 0 Å². The van der Waals surface area contributed by atoms with Crippen molar-refractivity contribution in [3.05, 3.63) is 29.3 Å². The number of aromatic nitrogens is 2. The van der Waals surface area contributed by atoms with E-state index in [4.69, 9.17) is 11.6 Å². The van der Waals surface area contributed by atoms with Gasteiger partial charge in [0.05, 0.1) is 16.9 Å². The van der Waals surface area contributed by atoms with E-state index in [2.05, 4.69) is 16.5 Å². The van der Waals surface area contributed by atoms with Crippen molar-refractivity contribution < 1.29 is 4.39 Å². The van der Waals surface area contributed by atoms with E-state index in [9.17, 15) is 4.39 Å². The molecule has 0 bridgehead atoms. The lowest BCUT2D eigenvalue weighted by atomic mass is 10.2. The Hall–Kier alpha value is -1.09. The van der Waals surface area contributed by atoms with E-state index in [0.29, 0.717) is 17.0 Å². The van der Waals surface area contributed by atoms with Crippen molar-refractivity contribution in [2.75, 3.05) is 0 Å². The Morgan fingerprint density at radius 2 is 2.18 bits per heavy atom. The van der Waals surface area contributed by atoms with Crippen LogP contribution in [-0.4, -0.2) is 9.55 Å². The van der Waals surface area contributed by atoms with Crippen molar-refractivity contribution in [1.82, 2.24) is 9.55 Å². The predicted octanol–water partition coefficient (Wildman–Crippen LogP) is 4.02. The highest BCUT2D eigenvalue weighted by Crippen LogP contribution is 2.21. The average molecular weight is 255 g/mol. The number of nitrogens with zero attached hydrogens (tertiary/aromatic N) is 2. The van der Waals surface area contributed by atoms with Crippen LogP contribution in [0.3, 0.4) is 0 Å². The molecule has 0 aliphatic heterocycles. The van der Waals surface area contributed by atoms with Gasteiger partial charge in [-0.05, 0) is 25.0 Å². The molecular formula is C13H16ClFN2. The minimum atomic E-state index is -0.209. The lowest BCUT2D eigenvalue weighted by Gasteiger charge is -2.07. The Labute approximate surface area is 105 Å². The average Bonchev–Trinajstić information content (AvgIpc) is 2.64. The van der Waals surface area contributed by atoms with Crippen LogP contribution < -0.4 is 0 Å². The normalized spacial score (nSPS) is 11.3. The molecule has 0 N–H and O–H groups in total. The van der Waals surface area contributed by atoms with Crippen molar-refractivity contribution >= 4 is 22.6 Å². The number of halogens is 2. The van der Waals surface area contributed by atoms with Gasteiger partial charge in [-0.1, -0.05) is 13.3 Å². The molecule has 0 unspecified atom stereocenters. The van der Waals surface area contributed by atoms with E-state index < -0.39 is 0 Å². The van der Waals surface area contributed by atoms with Gasteiger partial charge in [0.15, 0.2) is 0 Å². The van der Waals surface area contributed by atoms with Crippen LogP contribution in [0.25, 0.3) is 11.0 Å². The SMILES string of the molecule is CCCCn1c(CCl)nc2cc(F)c(C)cc21. The smallest absolute Gasteiger partial charge is 0.128 e. The maximum atomic E-state index is 13.5. The molecule has 92 valence electrons. The van der Waals surface area contributed by atoms with Gasteiger partial charge in [0.1, 0.15) is 11.6 Å². The molecule has 0 spiro atoms. The molecular weight excluding hydrogens is 239 g/mol. The molecule has 1 heterocycles. The maximum absolute atomic E-state index is 13.5. The van der Waals surface area contributed by atoms with Gasteiger partial charge in [0, 0.05) is 12.6 Å². The van der Waals surface area contributed by atoms with E-state index in [0.717, 1.165) is 30.7 Å². The van der Waals surface area contributed by atoms with Crippen LogP contribution in [0.2, 0.25) is 0 Å². The molecule has 0 aliphatic rings. The minimum absolute atomic E-state index is 0.209. The highest BCUT2D eigenvalue weighted by Gasteiger charge is 2.11. The van der Waals surface area contributed by atoms with Gasteiger partial charge >= 0.3 is 0 Å². The van der Waals surface area contributed by atoms with Crippen LogP contribution in [0.5, 0.6) is 0 Å². The molecule has 2 nitrogen and oxygen atoms in total. The number of hydrogen-bond donors (Lipinski definition) is 0. The Bertz CT molecular complexity index is 534. The van der Waals surface area contributed by atoms with Crippen LogP contribution in [0.4, 0.5) is 4.39 Å². The van der Waals surface area contributed by atoms with Crippen LogP contribution >= 0.6 is 11.6 Å². The second-order valence-corrected chi connectivity index (χ2v) is 4.52. The number of benzene rings is 1. The molecule has 17 heavy (non-hydrogen) atoms. The fraction of sp³-hybridized carbons (Fsp3) is 0.462. The summed E-state index contributed by atoms with van der Waals surface area (Å²) in [5.41, 5.74) is 2.32. The number of unbranched alkanes of at least 4 members (excludes halogenated alkanes) is 1. The van der Waals surface area contributed by atoms with E-state index in [-0.39, 0.29) is 5.82 Å². The second-order valence-electron chi connectivity index (χ2n) is 4.26. The van der Waals surface area contributed by atoms with Gasteiger partial charge in [-0.2, -0.15) is 0 Å². The zero-order valence-corrected chi connectivity index (χ0v) is 10.9. The first-order valence-corrected chi connectivity index (χ1v) is 6.42. The zero-order chi connectivity index (χ0) is 12.4. The van der Waals surface area contributed by atoms with E-state index in [1.54, 1.807) is 6.92 Å². The molecule has 0 radical (unpaired) electrons. The summed E-state index contributed by atoms with van der Waals surface area (Å²) in [7, 11) is 0. The van der Waals surface area contributed by atoms with E-state index in [1.807, 2.05) is 6.07 Å². The number of hydrogen-bond acceptors (Lipinski definition) is 1. The molecule has 1 aromatic carbocycles. The van der Waals surface area contributed by atoms with Crippen molar-refractivity contribution in [3.63, 3.8) is 0 Å². The summed E-state index contributed by atoms with van der Waals surface area (Å²) >= 11 is 5.88. The Kier molecular flexibility index (Phi) is 3.67. The second kappa shape index (κ2) is 5.05.